The van der Waals surface area contributed by atoms with Gasteiger partial charge in [-0.05, 0) is 24.6 Å². The molecule has 0 fully saturated rings. The second-order valence-electron chi connectivity index (χ2n) is 5.21. The lowest BCUT2D eigenvalue weighted by atomic mass is 9.75. The number of ether oxygens (including phenoxy) is 2. The van der Waals surface area contributed by atoms with Crippen LogP contribution in [0.2, 0.25) is 5.02 Å². The number of carbonyl (C=O) groups excluding carboxylic acids is 2. The molecule has 2 atom stereocenters. The summed E-state index contributed by atoms with van der Waals surface area (Å²) in [4.78, 5) is 24.5. The normalized spacial score (nSPS) is 20.8. The Morgan fingerprint density at radius 3 is 2.30 bits per heavy atom. The predicted octanol–water partition coefficient (Wildman–Crippen LogP) is 2.78. The first-order valence-electron chi connectivity index (χ1n) is 6.98. The quantitative estimate of drug-likeness (QED) is 0.860. The highest BCUT2D eigenvalue weighted by molar-refractivity contribution is 6.30. The van der Waals surface area contributed by atoms with Gasteiger partial charge < -0.3 is 14.8 Å². The summed E-state index contributed by atoms with van der Waals surface area (Å²) in [6.45, 7) is 5.65. The third-order valence-electron chi connectivity index (χ3n) is 3.86. The minimum absolute atomic E-state index is 0.373. The van der Waals surface area contributed by atoms with Gasteiger partial charge in [-0.3, -0.25) is 4.79 Å². The van der Waals surface area contributed by atoms with E-state index in [0.717, 1.165) is 5.56 Å². The highest BCUT2D eigenvalue weighted by Crippen LogP contribution is 2.41. The first-order valence-corrected chi connectivity index (χ1v) is 7.36. The summed E-state index contributed by atoms with van der Waals surface area (Å²) in [5, 5.41) is 3.54. The standard InChI is InChI=1S/C17H18ClNO4/c1-9-13(16(20)22-3)15(11-5-7-12(18)8-6-11)14(10(2)19-9)17(21)23-4/h5-8,13,15,19H,1H2,2-4H3. The van der Waals surface area contributed by atoms with Crippen LogP contribution < -0.4 is 5.32 Å². The van der Waals surface area contributed by atoms with E-state index in [1.54, 1.807) is 31.2 Å². The fourth-order valence-electron chi connectivity index (χ4n) is 2.81. The van der Waals surface area contributed by atoms with Crippen molar-refractivity contribution < 1.29 is 19.1 Å². The number of hydrogen-bond donors (Lipinski definition) is 1. The van der Waals surface area contributed by atoms with Crippen molar-refractivity contribution in [3.8, 4) is 0 Å². The molecule has 0 saturated heterocycles. The van der Waals surface area contributed by atoms with Crippen LogP contribution in [0, 0.1) is 5.92 Å². The number of carbonyl (C=O) groups is 2. The van der Waals surface area contributed by atoms with E-state index >= 15 is 0 Å². The molecule has 0 bridgehead atoms. The number of esters is 2. The van der Waals surface area contributed by atoms with E-state index in [2.05, 4.69) is 11.9 Å². The van der Waals surface area contributed by atoms with E-state index in [4.69, 9.17) is 21.1 Å². The number of benzene rings is 1. The Kier molecular flexibility index (Phi) is 5.11. The molecule has 0 aromatic heterocycles. The van der Waals surface area contributed by atoms with Crippen LogP contribution in [0.4, 0.5) is 0 Å². The van der Waals surface area contributed by atoms with Crippen LogP contribution in [0.15, 0.2) is 47.8 Å². The van der Waals surface area contributed by atoms with Gasteiger partial charge in [0.15, 0.2) is 0 Å². The Hall–Kier alpha value is -2.27. The van der Waals surface area contributed by atoms with Crippen LogP contribution >= 0.6 is 11.6 Å². The van der Waals surface area contributed by atoms with E-state index < -0.39 is 23.8 Å². The summed E-state index contributed by atoms with van der Waals surface area (Å²) >= 11 is 5.94. The maximum absolute atomic E-state index is 12.3. The van der Waals surface area contributed by atoms with Gasteiger partial charge in [-0.15, -0.1) is 0 Å². The summed E-state index contributed by atoms with van der Waals surface area (Å²) in [7, 11) is 2.61. The van der Waals surface area contributed by atoms with Gasteiger partial charge in [-0.1, -0.05) is 30.3 Å². The second-order valence-corrected chi connectivity index (χ2v) is 5.65. The van der Waals surface area contributed by atoms with Crippen molar-refractivity contribution in [2.24, 2.45) is 5.92 Å². The van der Waals surface area contributed by atoms with Crippen molar-refractivity contribution in [3.63, 3.8) is 0 Å². The van der Waals surface area contributed by atoms with Crippen molar-refractivity contribution in [1.29, 1.82) is 0 Å². The molecule has 1 aliphatic rings. The molecule has 0 spiro atoms. The van der Waals surface area contributed by atoms with Crippen molar-refractivity contribution in [2.75, 3.05) is 14.2 Å². The first-order chi connectivity index (χ1) is 10.9. The molecular formula is C17H18ClNO4. The molecule has 0 aliphatic carbocycles. The summed E-state index contributed by atoms with van der Waals surface area (Å²) in [6, 6.07) is 6.97. The van der Waals surface area contributed by atoms with Gasteiger partial charge >= 0.3 is 11.9 Å². The number of hydrogen-bond acceptors (Lipinski definition) is 5. The number of nitrogens with one attached hydrogen (secondary N) is 1. The Bertz CT molecular complexity index is 678. The Labute approximate surface area is 139 Å². The van der Waals surface area contributed by atoms with E-state index in [-0.39, 0.29) is 0 Å². The minimum atomic E-state index is -0.737. The number of methoxy groups -OCH3 is 2. The van der Waals surface area contributed by atoms with Gasteiger partial charge in [0.25, 0.3) is 0 Å². The van der Waals surface area contributed by atoms with Crippen LogP contribution in [0.1, 0.15) is 18.4 Å². The van der Waals surface area contributed by atoms with Gasteiger partial charge in [0, 0.05) is 22.3 Å². The third-order valence-corrected chi connectivity index (χ3v) is 4.11. The van der Waals surface area contributed by atoms with Crippen molar-refractivity contribution in [3.05, 3.63) is 58.4 Å². The second kappa shape index (κ2) is 6.87. The molecule has 23 heavy (non-hydrogen) atoms. The topological polar surface area (TPSA) is 64.6 Å². The molecule has 1 aliphatic heterocycles. The monoisotopic (exact) mass is 335 g/mol. The van der Waals surface area contributed by atoms with Crippen LogP contribution in [0.5, 0.6) is 0 Å². The maximum Gasteiger partial charge on any atom is 0.336 e. The van der Waals surface area contributed by atoms with Gasteiger partial charge in [0.05, 0.1) is 19.8 Å². The molecule has 1 aromatic rings. The number of allylic oxidation sites excluding steroid dienone is 1. The summed E-state index contributed by atoms with van der Waals surface area (Å²) in [5.41, 5.74) is 2.20. The molecule has 1 N–H and O–H groups in total. The Balaban J connectivity index is 2.64. The molecule has 0 radical (unpaired) electrons. The lowest BCUT2D eigenvalue weighted by Gasteiger charge is -2.34. The number of halogens is 1. The molecule has 6 heteroatoms. The van der Waals surface area contributed by atoms with Crippen LogP contribution in [0.3, 0.4) is 0 Å². The lowest BCUT2D eigenvalue weighted by Crippen LogP contribution is -2.39. The van der Waals surface area contributed by atoms with Crippen LogP contribution in [0.25, 0.3) is 0 Å². The smallest absolute Gasteiger partial charge is 0.336 e. The molecular weight excluding hydrogens is 318 g/mol. The molecule has 1 aromatic carbocycles. The van der Waals surface area contributed by atoms with Crippen molar-refractivity contribution in [1.82, 2.24) is 5.32 Å². The fraction of sp³-hybridized carbons (Fsp3) is 0.294. The van der Waals surface area contributed by atoms with E-state index in [0.29, 0.717) is 22.0 Å². The largest absolute Gasteiger partial charge is 0.468 e. The predicted molar refractivity (Wildman–Crippen MR) is 86.7 cm³/mol. The van der Waals surface area contributed by atoms with E-state index in [1.165, 1.54) is 14.2 Å². The van der Waals surface area contributed by atoms with E-state index in [9.17, 15) is 9.59 Å². The SMILES string of the molecule is C=C1NC(C)=C(C(=O)OC)C(c2ccc(Cl)cc2)C1C(=O)OC. The summed E-state index contributed by atoms with van der Waals surface area (Å²) in [5.74, 6) is -2.27. The highest BCUT2D eigenvalue weighted by Gasteiger charge is 2.42. The van der Waals surface area contributed by atoms with Gasteiger partial charge in [-0.25, -0.2) is 4.79 Å². The zero-order chi connectivity index (χ0) is 17.1. The van der Waals surface area contributed by atoms with Crippen molar-refractivity contribution >= 4 is 23.5 Å². The van der Waals surface area contributed by atoms with Crippen LogP contribution in [-0.2, 0) is 19.1 Å². The molecule has 2 rings (SSSR count). The summed E-state index contributed by atoms with van der Waals surface area (Å²) < 4.78 is 9.78. The van der Waals surface area contributed by atoms with Gasteiger partial charge in [0.1, 0.15) is 5.92 Å². The molecule has 0 saturated carbocycles. The Morgan fingerprint density at radius 1 is 1.17 bits per heavy atom. The molecule has 5 nitrogen and oxygen atoms in total. The number of rotatable bonds is 3. The van der Waals surface area contributed by atoms with E-state index in [1.807, 2.05) is 0 Å². The average molecular weight is 336 g/mol. The van der Waals surface area contributed by atoms with Crippen LogP contribution in [-0.4, -0.2) is 26.2 Å². The lowest BCUT2D eigenvalue weighted by molar-refractivity contribution is -0.145. The van der Waals surface area contributed by atoms with Gasteiger partial charge in [0.2, 0.25) is 0 Å². The Morgan fingerprint density at radius 2 is 1.78 bits per heavy atom. The molecule has 2 unspecified atom stereocenters. The molecule has 0 amide bonds. The minimum Gasteiger partial charge on any atom is -0.468 e. The maximum atomic E-state index is 12.3. The molecule has 122 valence electrons. The van der Waals surface area contributed by atoms with Gasteiger partial charge in [-0.2, -0.15) is 0 Å². The zero-order valence-corrected chi connectivity index (χ0v) is 13.9. The average Bonchev–Trinajstić information content (AvgIpc) is 2.53. The third kappa shape index (κ3) is 3.24. The van der Waals surface area contributed by atoms with Crippen molar-refractivity contribution in [2.45, 2.75) is 12.8 Å². The summed E-state index contributed by atoms with van der Waals surface area (Å²) in [6.07, 6.45) is 0. The fourth-order valence-corrected chi connectivity index (χ4v) is 2.94. The molecule has 1 heterocycles. The zero-order valence-electron chi connectivity index (χ0n) is 13.2. The highest BCUT2D eigenvalue weighted by atomic mass is 35.5. The first kappa shape index (κ1) is 17.1.